The van der Waals surface area contributed by atoms with Crippen molar-refractivity contribution in [2.45, 2.75) is 11.3 Å². The number of nitrogens with zero attached hydrogens (tertiary/aromatic N) is 1. The Morgan fingerprint density at radius 1 is 1.14 bits per heavy atom. The summed E-state index contributed by atoms with van der Waals surface area (Å²) >= 11 is 0. The Bertz CT molecular complexity index is 546. The first-order valence-corrected chi connectivity index (χ1v) is 8.61. The van der Waals surface area contributed by atoms with Gasteiger partial charge in [-0.15, -0.1) is 0 Å². The molecule has 0 atom stereocenters. The predicted molar refractivity (Wildman–Crippen MR) is 84.5 cm³/mol. The SMILES string of the molecule is COCCCN(CCOC)c1ccc(S(C)(=O)=O)cc1N. The molecule has 0 radical (unpaired) electrons. The van der Waals surface area contributed by atoms with Crippen molar-refractivity contribution in [2.75, 3.05) is 57.4 Å². The number of ether oxygens (including phenoxy) is 2. The van der Waals surface area contributed by atoms with Gasteiger partial charge in [0.2, 0.25) is 0 Å². The molecule has 0 amide bonds. The van der Waals surface area contributed by atoms with Crippen LogP contribution in [0.4, 0.5) is 11.4 Å². The molecule has 0 aromatic heterocycles. The third-order valence-corrected chi connectivity index (χ3v) is 4.22. The highest BCUT2D eigenvalue weighted by Gasteiger charge is 2.13. The average Bonchev–Trinajstić information content (AvgIpc) is 2.42. The minimum atomic E-state index is -3.25. The van der Waals surface area contributed by atoms with Crippen LogP contribution in [0.25, 0.3) is 0 Å². The lowest BCUT2D eigenvalue weighted by atomic mass is 10.2. The molecule has 1 rings (SSSR count). The number of hydrogen-bond acceptors (Lipinski definition) is 6. The van der Waals surface area contributed by atoms with Crippen molar-refractivity contribution in [3.63, 3.8) is 0 Å². The molecule has 120 valence electrons. The van der Waals surface area contributed by atoms with Gasteiger partial charge in [-0.3, -0.25) is 0 Å². The van der Waals surface area contributed by atoms with Crippen LogP contribution >= 0.6 is 0 Å². The molecular weight excluding hydrogens is 292 g/mol. The van der Waals surface area contributed by atoms with Crippen molar-refractivity contribution in [3.05, 3.63) is 18.2 Å². The number of nitrogens with two attached hydrogens (primary N) is 1. The molecule has 0 heterocycles. The topological polar surface area (TPSA) is 81.9 Å². The molecule has 0 bridgehead atoms. The summed E-state index contributed by atoms with van der Waals surface area (Å²) in [6.07, 6.45) is 2.02. The summed E-state index contributed by atoms with van der Waals surface area (Å²) in [5.74, 6) is 0. The van der Waals surface area contributed by atoms with Gasteiger partial charge in [-0.25, -0.2) is 8.42 Å². The minimum absolute atomic E-state index is 0.229. The molecule has 0 aliphatic carbocycles. The second kappa shape index (κ2) is 8.21. The van der Waals surface area contributed by atoms with E-state index in [1.807, 2.05) is 0 Å². The van der Waals surface area contributed by atoms with Gasteiger partial charge < -0.3 is 20.1 Å². The van der Waals surface area contributed by atoms with E-state index in [1.54, 1.807) is 26.4 Å². The van der Waals surface area contributed by atoms with Crippen molar-refractivity contribution in [3.8, 4) is 0 Å². The van der Waals surface area contributed by atoms with E-state index in [0.717, 1.165) is 18.7 Å². The third kappa shape index (κ3) is 5.53. The molecule has 0 fully saturated rings. The van der Waals surface area contributed by atoms with E-state index < -0.39 is 9.84 Å². The van der Waals surface area contributed by atoms with E-state index in [1.165, 1.54) is 12.3 Å². The van der Waals surface area contributed by atoms with E-state index in [2.05, 4.69) is 4.90 Å². The second-order valence-electron chi connectivity index (χ2n) is 4.82. The van der Waals surface area contributed by atoms with Crippen LogP contribution < -0.4 is 10.6 Å². The normalized spacial score (nSPS) is 11.6. The van der Waals surface area contributed by atoms with E-state index in [-0.39, 0.29) is 4.90 Å². The van der Waals surface area contributed by atoms with Crippen molar-refractivity contribution in [1.82, 2.24) is 0 Å². The van der Waals surface area contributed by atoms with Crippen molar-refractivity contribution < 1.29 is 17.9 Å². The summed E-state index contributed by atoms with van der Waals surface area (Å²) in [4.78, 5) is 2.30. The van der Waals surface area contributed by atoms with Crippen LogP contribution in [0.15, 0.2) is 23.1 Å². The van der Waals surface area contributed by atoms with Gasteiger partial charge in [0.15, 0.2) is 9.84 Å². The molecule has 0 saturated carbocycles. The number of nitrogen functional groups attached to an aromatic ring is 1. The maximum Gasteiger partial charge on any atom is 0.175 e. The first-order valence-electron chi connectivity index (χ1n) is 6.72. The summed E-state index contributed by atoms with van der Waals surface area (Å²) in [5, 5.41) is 0. The zero-order chi connectivity index (χ0) is 15.9. The Kier molecular flexibility index (Phi) is 6.94. The molecule has 2 N–H and O–H groups in total. The van der Waals surface area contributed by atoms with Crippen molar-refractivity contribution in [2.24, 2.45) is 0 Å². The summed E-state index contributed by atoms with van der Waals surface area (Å²) < 4.78 is 33.3. The van der Waals surface area contributed by atoms with Crippen LogP contribution in [-0.2, 0) is 19.3 Å². The zero-order valence-electron chi connectivity index (χ0n) is 12.8. The molecule has 1 aromatic carbocycles. The van der Waals surface area contributed by atoms with E-state index in [0.29, 0.717) is 25.4 Å². The Labute approximate surface area is 126 Å². The van der Waals surface area contributed by atoms with Gasteiger partial charge in [0.1, 0.15) is 0 Å². The van der Waals surface area contributed by atoms with Crippen LogP contribution in [0, 0.1) is 0 Å². The fourth-order valence-electron chi connectivity index (χ4n) is 2.01. The number of rotatable bonds is 9. The molecule has 1 aromatic rings. The maximum absolute atomic E-state index is 11.5. The predicted octanol–water partition coefficient (Wildman–Crippen LogP) is 1.16. The molecular formula is C14H24N2O4S. The summed E-state index contributed by atoms with van der Waals surface area (Å²) in [5.41, 5.74) is 7.28. The van der Waals surface area contributed by atoms with Gasteiger partial charge in [-0.2, -0.15) is 0 Å². The van der Waals surface area contributed by atoms with Gasteiger partial charge in [0, 0.05) is 40.2 Å². The zero-order valence-corrected chi connectivity index (χ0v) is 13.6. The Hall–Kier alpha value is -1.31. The van der Waals surface area contributed by atoms with Gasteiger partial charge >= 0.3 is 0 Å². The largest absolute Gasteiger partial charge is 0.397 e. The van der Waals surface area contributed by atoms with E-state index in [9.17, 15) is 8.42 Å². The summed E-state index contributed by atoms with van der Waals surface area (Å²) in [7, 11) is 0.0549. The monoisotopic (exact) mass is 316 g/mol. The quantitative estimate of drug-likeness (QED) is 0.544. The van der Waals surface area contributed by atoms with Crippen LogP contribution in [-0.4, -0.2) is 55.2 Å². The highest BCUT2D eigenvalue weighted by Crippen LogP contribution is 2.26. The van der Waals surface area contributed by atoms with Crippen LogP contribution in [0.1, 0.15) is 6.42 Å². The van der Waals surface area contributed by atoms with E-state index in [4.69, 9.17) is 15.2 Å². The Morgan fingerprint density at radius 3 is 2.33 bits per heavy atom. The van der Waals surface area contributed by atoms with Crippen LogP contribution in [0.2, 0.25) is 0 Å². The molecule has 6 nitrogen and oxygen atoms in total. The minimum Gasteiger partial charge on any atom is -0.397 e. The Balaban J connectivity index is 2.95. The number of hydrogen-bond donors (Lipinski definition) is 1. The highest BCUT2D eigenvalue weighted by molar-refractivity contribution is 7.90. The molecule has 0 saturated heterocycles. The third-order valence-electron chi connectivity index (χ3n) is 3.11. The van der Waals surface area contributed by atoms with Gasteiger partial charge in [-0.1, -0.05) is 0 Å². The fraction of sp³-hybridized carbons (Fsp3) is 0.571. The molecule has 21 heavy (non-hydrogen) atoms. The standard InChI is InChI=1S/C14H24N2O4S/c1-19-9-4-7-16(8-10-20-2)14-6-5-12(11-13(14)15)21(3,17)18/h5-6,11H,4,7-10,15H2,1-3H3. The van der Waals surface area contributed by atoms with Crippen LogP contribution in [0.5, 0.6) is 0 Å². The van der Waals surface area contributed by atoms with Gasteiger partial charge in [0.25, 0.3) is 0 Å². The molecule has 7 heteroatoms. The van der Waals surface area contributed by atoms with Crippen molar-refractivity contribution >= 4 is 21.2 Å². The first-order chi connectivity index (χ1) is 9.90. The van der Waals surface area contributed by atoms with E-state index >= 15 is 0 Å². The van der Waals surface area contributed by atoms with Crippen LogP contribution in [0.3, 0.4) is 0 Å². The number of methoxy groups -OCH3 is 2. The molecule has 0 spiro atoms. The summed E-state index contributed by atoms with van der Waals surface area (Å²) in [6, 6.07) is 4.83. The second-order valence-corrected chi connectivity index (χ2v) is 6.83. The smallest absolute Gasteiger partial charge is 0.175 e. The lowest BCUT2D eigenvalue weighted by Crippen LogP contribution is -2.29. The number of anilines is 2. The average molecular weight is 316 g/mol. The first kappa shape index (κ1) is 17.7. The molecule has 0 aliphatic heterocycles. The number of sulfone groups is 1. The van der Waals surface area contributed by atoms with Gasteiger partial charge in [-0.05, 0) is 24.6 Å². The Morgan fingerprint density at radius 2 is 1.81 bits per heavy atom. The lowest BCUT2D eigenvalue weighted by Gasteiger charge is -2.26. The van der Waals surface area contributed by atoms with Gasteiger partial charge in [0.05, 0.1) is 22.9 Å². The molecule has 0 unspecified atom stereocenters. The highest BCUT2D eigenvalue weighted by atomic mass is 32.2. The lowest BCUT2D eigenvalue weighted by molar-refractivity contribution is 0.191. The number of benzene rings is 1. The summed E-state index contributed by atoms with van der Waals surface area (Å²) in [6.45, 7) is 2.67. The molecule has 0 aliphatic rings. The fourth-order valence-corrected chi connectivity index (χ4v) is 2.66. The maximum atomic E-state index is 11.5. The van der Waals surface area contributed by atoms with Crippen molar-refractivity contribution in [1.29, 1.82) is 0 Å².